The molecule has 1 atom stereocenters. The summed E-state index contributed by atoms with van der Waals surface area (Å²) in [6.45, 7) is 17.0. The molecule has 5 aliphatic rings. The van der Waals surface area contributed by atoms with Crippen molar-refractivity contribution in [3.63, 3.8) is 0 Å². The van der Waals surface area contributed by atoms with Gasteiger partial charge in [-0.2, -0.15) is 0 Å². The van der Waals surface area contributed by atoms with E-state index in [1.54, 1.807) is 4.90 Å². The molecule has 16 nitrogen and oxygen atoms in total. The molecule has 2 N–H and O–H groups in total. The molecule has 3 saturated heterocycles. The number of anilines is 6. The van der Waals surface area contributed by atoms with Crippen molar-refractivity contribution in [1.82, 2.24) is 25.2 Å². The van der Waals surface area contributed by atoms with Crippen LogP contribution in [-0.2, 0) is 27.3 Å². The molecule has 3 amide bonds. The number of imide groups is 1. The average Bonchev–Trinajstić information content (AvgIpc) is 3.28. The maximum absolute atomic E-state index is 13.2. The standard InChI is InChI=1S/C47H58N10O6/c1-31-39(28-48-44-42(31)57(25-26-61-44)46(60)63-47(2,3)4)56-20-17-33-27-49-45(51-38(33)30-56)50-34-5-7-35(8-6-34)54-18-15-32(16-19-54)29-53-21-23-55(24-22-53)36-9-11-37(12-10-36)62-40-13-14-41(58)52-43(40)59/h5-12,27-28,32,40H,13-26,29-30H2,1-4H3,(H,49,50,51)(H,52,58,59). The molecule has 7 heterocycles. The van der Waals surface area contributed by atoms with Gasteiger partial charge in [0.1, 0.15) is 23.6 Å². The Balaban J connectivity index is 0.737. The van der Waals surface area contributed by atoms with Crippen LogP contribution in [0.2, 0.25) is 0 Å². The number of benzene rings is 2. The number of pyridine rings is 1. The van der Waals surface area contributed by atoms with Gasteiger partial charge in [0.15, 0.2) is 6.10 Å². The number of fused-ring (bicyclic) bond motifs is 2. The zero-order chi connectivity index (χ0) is 43.7. The van der Waals surface area contributed by atoms with Crippen LogP contribution in [0.1, 0.15) is 63.3 Å². The van der Waals surface area contributed by atoms with Crippen LogP contribution in [-0.4, -0.2) is 115 Å². The summed E-state index contributed by atoms with van der Waals surface area (Å²) in [6, 6.07) is 16.5. The van der Waals surface area contributed by atoms with Gasteiger partial charge in [0, 0.05) is 94.0 Å². The van der Waals surface area contributed by atoms with Gasteiger partial charge >= 0.3 is 6.09 Å². The number of carbonyl (C=O) groups excluding carboxylic acids is 3. The summed E-state index contributed by atoms with van der Waals surface area (Å²) in [6.07, 6.45) is 6.58. The van der Waals surface area contributed by atoms with E-state index in [2.05, 4.69) is 76.6 Å². The fourth-order valence-electron chi connectivity index (χ4n) is 9.21. The molecule has 0 aliphatic carbocycles. The van der Waals surface area contributed by atoms with Crippen LogP contribution in [0.15, 0.2) is 60.9 Å². The lowest BCUT2D eigenvalue weighted by atomic mass is 9.95. The smallest absolute Gasteiger partial charge is 0.415 e. The second kappa shape index (κ2) is 17.9. The maximum atomic E-state index is 13.2. The van der Waals surface area contributed by atoms with Crippen molar-refractivity contribution in [2.75, 3.05) is 90.4 Å². The molecule has 0 saturated carbocycles. The Hall–Kier alpha value is -6.16. The van der Waals surface area contributed by atoms with E-state index in [9.17, 15) is 14.4 Å². The summed E-state index contributed by atoms with van der Waals surface area (Å²) in [5, 5.41) is 5.78. The fraction of sp³-hybridized carbons (Fsp3) is 0.489. The van der Waals surface area contributed by atoms with Crippen molar-refractivity contribution in [2.24, 2.45) is 5.92 Å². The van der Waals surface area contributed by atoms with Gasteiger partial charge in [0.2, 0.25) is 17.7 Å². The van der Waals surface area contributed by atoms with Crippen LogP contribution in [0.4, 0.5) is 39.2 Å². The van der Waals surface area contributed by atoms with Crippen LogP contribution in [0.3, 0.4) is 0 Å². The fourth-order valence-corrected chi connectivity index (χ4v) is 9.21. The van der Waals surface area contributed by atoms with Crippen LogP contribution < -0.4 is 39.7 Å². The molecule has 332 valence electrons. The topological polar surface area (TPSA) is 158 Å². The number of amides is 3. The van der Waals surface area contributed by atoms with Gasteiger partial charge in [-0.1, -0.05) is 0 Å². The van der Waals surface area contributed by atoms with Gasteiger partial charge in [-0.15, -0.1) is 0 Å². The Kier molecular flexibility index (Phi) is 12.0. The first-order chi connectivity index (χ1) is 30.4. The third-order valence-corrected chi connectivity index (χ3v) is 12.6. The van der Waals surface area contributed by atoms with Crippen molar-refractivity contribution in [2.45, 2.75) is 78.0 Å². The molecule has 0 spiro atoms. The molecule has 1 unspecified atom stereocenters. The second-order valence-electron chi connectivity index (χ2n) is 18.2. The van der Waals surface area contributed by atoms with Gasteiger partial charge in [0.25, 0.3) is 5.91 Å². The normalized spacial score (nSPS) is 19.8. The number of nitrogens with one attached hydrogen (secondary N) is 2. The van der Waals surface area contributed by atoms with Crippen molar-refractivity contribution in [3.05, 3.63) is 77.7 Å². The first-order valence-electron chi connectivity index (χ1n) is 22.3. The molecule has 16 heteroatoms. The van der Waals surface area contributed by atoms with Gasteiger partial charge < -0.3 is 34.2 Å². The van der Waals surface area contributed by atoms with Crippen LogP contribution in [0.5, 0.6) is 11.6 Å². The Bertz CT molecular complexity index is 2300. The van der Waals surface area contributed by atoms with E-state index < -0.39 is 17.8 Å². The lowest BCUT2D eigenvalue weighted by molar-refractivity contribution is -0.138. The number of hydrogen-bond donors (Lipinski definition) is 2. The summed E-state index contributed by atoms with van der Waals surface area (Å²) in [5.41, 5.74) is 7.31. The van der Waals surface area contributed by atoms with E-state index in [1.807, 2.05) is 52.2 Å². The zero-order valence-electron chi connectivity index (χ0n) is 36.8. The number of nitrogens with zero attached hydrogens (tertiary/aromatic N) is 8. The van der Waals surface area contributed by atoms with Crippen molar-refractivity contribution >= 4 is 52.3 Å². The number of hydrogen-bond acceptors (Lipinski definition) is 14. The molecule has 2 aromatic heterocycles. The molecule has 9 rings (SSSR count). The highest BCUT2D eigenvalue weighted by Crippen LogP contribution is 2.40. The zero-order valence-corrected chi connectivity index (χ0v) is 36.8. The van der Waals surface area contributed by atoms with Crippen molar-refractivity contribution in [1.29, 1.82) is 0 Å². The van der Waals surface area contributed by atoms with E-state index in [0.717, 1.165) is 92.7 Å². The Morgan fingerprint density at radius 2 is 1.56 bits per heavy atom. The lowest BCUT2D eigenvalue weighted by Crippen LogP contribution is -2.49. The molecule has 3 fully saturated rings. The highest BCUT2D eigenvalue weighted by atomic mass is 16.6. The third kappa shape index (κ3) is 9.75. The summed E-state index contributed by atoms with van der Waals surface area (Å²) in [7, 11) is 0. The van der Waals surface area contributed by atoms with E-state index >= 15 is 0 Å². The Morgan fingerprint density at radius 3 is 2.27 bits per heavy atom. The first kappa shape index (κ1) is 42.2. The number of ether oxygens (including phenoxy) is 3. The molecule has 0 radical (unpaired) electrons. The SMILES string of the molecule is Cc1c(N2CCc3cnc(Nc4ccc(N5CCC(CN6CCN(c7ccc(OC8CCC(=O)NC8=O)cc7)CC6)CC5)cc4)nc3C2)cnc2c1N(C(=O)OC(C)(C)C)CCO2. The second-order valence-corrected chi connectivity index (χ2v) is 18.2. The average molecular weight is 859 g/mol. The minimum Gasteiger partial charge on any atom is -0.481 e. The molecule has 4 aromatic rings. The van der Waals surface area contributed by atoms with E-state index in [0.29, 0.717) is 61.7 Å². The number of rotatable bonds is 9. The van der Waals surface area contributed by atoms with Crippen molar-refractivity contribution in [3.8, 4) is 11.6 Å². The van der Waals surface area contributed by atoms with Crippen molar-refractivity contribution < 1.29 is 28.6 Å². The summed E-state index contributed by atoms with van der Waals surface area (Å²) >= 11 is 0. The monoisotopic (exact) mass is 858 g/mol. The minimum absolute atomic E-state index is 0.241. The van der Waals surface area contributed by atoms with Gasteiger partial charge in [-0.25, -0.2) is 19.7 Å². The third-order valence-electron chi connectivity index (χ3n) is 12.6. The predicted octanol–water partition coefficient (Wildman–Crippen LogP) is 5.84. The lowest BCUT2D eigenvalue weighted by Gasteiger charge is -2.40. The number of piperidine rings is 2. The maximum Gasteiger partial charge on any atom is 0.415 e. The van der Waals surface area contributed by atoms with Gasteiger partial charge in [-0.3, -0.25) is 24.7 Å². The number of aromatic nitrogens is 3. The first-order valence-corrected chi connectivity index (χ1v) is 22.3. The van der Waals surface area contributed by atoms with E-state index in [4.69, 9.17) is 19.2 Å². The summed E-state index contributed by atoms with van der Waals surface area (Å²) < 4.78 is 17.5. The van der Waals surface area contributed by atoms with Crippen LogP contribution in [0, 0.1) is 12.8 Å². The van der Waals surface area contributed by atoms with Gasteiger partial charge in [0.05, 0.1) is 30.7 Å². The number of piperazine rings is 1. The van der Waals surface area contributed by atoms with Crippen LogP contribution >= 0.6 is 0 Å². The van der Waals surface area contributed by atoms with Crippen LogP contribution in [0.25, 0.3) is 0 Å². The molecule has 5 aliphatic heterocycles. The Morgan fingerprint density at radius 1 is 0.841 bits per heavy atom. The van der Waals surface area contributed by atoms with Gasteiger partial charge in [-0.05, 0) is 107 Å². The number of carbonyl (C=O) groups is 3. The molecule has 0 bridgehead atoms. The molecule has 2 aromatic carbocycles. The highest BCUT2D eigenvalue weighted by Gasteiger charge is 2.33. The predicted molar refractivity (Wildman–Crippen MR) is 241 cm³/mol. The summed E-state index contributed by atoms with van der Waals surface area (Å²) in [4.78, 5) is 62.4. The quantitative estimate of drug-likeness (QED) is 0.194. The minimum atomic E-state index is -0.625. The largest absolute Gasteiger partial charge is 0.481 e. The van der Waals surface area contributed by atoms with E-state index in [1.165, 1.54) is 18.5 Å². The molecular weight excluding hydrogens is 801 g/mol. The van der Waals surface area contributed by atoms with E-state index in [-0.39, 0.29) is 11.8 Å². The highest BCUT2D eigenvalue weighted by molar-refractivity contribution is 6.00. The molecule has 63 heavy (non-hydrogen) atoms. The summed E-state index contributed by atoms with van der Waals surface area (Å²) in [5.74, 6) is 1.73. The Labute approximate surface area is 368 Å². The molecular formula is C47H58N10O6.